The van der Waals surface area contributed by atoms with Crippen LogP contribution in [0.1, 0.15) is 45.1 Å². The van der Waals surface area contributed by atoms with E-state index in [1.165, 1.54) is 19.2 Å². The van der Waals surface area contributed by atoms with E-state index in [2.05, 4.69) is 15.9 Å². The number of fused-ring (bicyclic) bond motifs is 4. The van der Waals surface area contributed by atoms with Gasteiger partial charge in [-0.15, -0.1) is 23.2 Å². The van der Waals surface area contributed by atoms with Crippen molar-refractivity contribution in [2.24, 2.45) is 17.8 Å². The maximum absolute atomic E-state index is 15.2. The number of halogens is 8. The van der Waals surface area contributed by atoms with Crippen LogP contribution in [0.2, 0.25) is 0 Å². The molecule has 2 aromatic carbocycles. The van der Waals surface area contributed by atoms with Gasteiger partial charge in [0.2, 0.25) is 17.6 Å². The largest absolute Gasteiger partial charge is 0.503 e. The molecular formula is C31H24BrCl2F5N2O6. The first-order valence-electron chi connectivity index (χ1n) is 14.2. The zero-order valence-corrected chi connectivity index (χ0v) is 28.0. The van der Waals surface area contributed by atoms with Crippen molar-refractivity contribution in [1.29, 1.82) is 0 Å². The summed E-state index contributed by atoms with van der Waals surface area (Å²) in [7, 11) is 1.22. The van der Waals surface area contributed by atoms with Crippen molar-refractivity contribution >= 4 is 68.4 Å². The van der Waals surface area contributed by atoms with Crippen molar-refractivity contribution in [3.05, 3.63) is 62.9 Å². The van der Waals surface area contributed by atoms with Crippen LogP contribution in [0.5, 0.6) is 11.5 Å². The lowest BCUT2D eigenvalue weighted by Crippen LogP contribution is -2.60. The predicted octanol–water partition coefficient (Wildman–Crippen LogP) is 6.22. The second-order valence-electron chi connectivity index (χ2n) is 12.9. The van der Waals surface area contributed by atoms with Gasteiger partial charge in [0.05, 0.1) is 23.4 Å². The van der Waals surface area contributed by atoms with Crippen molar-refractivity contribution in [3.8, 4) is 11.5 Å². The third kappa shape index (κ3) is 4.22. The van der Waals surface area contributed by atoms with Gasteiger partial charge in [0.25, 0.3) is 11.8 Å². The first-order chi connectivity index (χ1) is 21.7. The minimum atomic E-state index is -2.70. The Hall–Kier alpha value is -3.23. The third-order valence-corrected chi connectivity index (χ3v) is 11.5. The summed E-state index contributed by atoms with van der Waals surface area (Å²) >= 11 is 17.4. The Kier molecular flexibility index (Phi) is 7.62. The zero-order valence-electron chi connectivity index (χ0n) is 24.9. The van der Waals surface area contributed by atoms with Gasteiger partial charge in [0, 0.05) is 11.5 Å². The number of hydrogen-bond acceptors (Lipinski definition) is 6. The van der Waals surface area contributed by atoms with Crippen LogP contribution in [0.25, 0.3) is 0 Å². The van der Waals surface area contributed by atoms with Crippen LogP contribution >= 0.6 is 39.1 Å². The van der Waals surface area contributed by atoms with Gasteiger partial charge in [-0.3, -0.25) is 24.1 Å². The zero-order chi connectivity index (χ0) is 34.9. The van der Waals surface area contributed by atoms with Crippen molar-refractivity contribution in [3.63, 3.8) is 0 Å². The molecule has 6 rings (SSSR count). The number of carbonyl (C=O) groups excluding carboxylic acids is 4. The molecule has 0 bridgehead atoms. The van der Waals surface area contributed by atoms with E-state index in [4.69, 9.17) is 27.9 Å². The van der Waals surface area contributed by atoms with Crippen LogP contribution in [0, 0.1) is 46.8 Å². The van der Waals surface area contributed by atoms with E-state index >= 15 is 8.78 Å². The lowest BCUT2D eigenvalue weighted by Gasteiger charge is -2.50. The van der Waals surface area contributed by atoms with Crippen LogP contribution in [-0.2, 0) is 19.2 Å². The molecule has 2 heterocycles. The summed E-state index contributed by atoms with van der Waals surface area (Å²) in [5, 5.41) is 10.5. The van der Waals surface area contributed by atoms with E-state index < -0.39 is 104 Å². The molecule has 4 amide bonds. The molecule has 1 N–H and O–H groups in total. The van der Waals surface area contributed by atoms with Gasteiger partial charge in [-0.1, -0.05) is 11.6 Å². The molecule has 8 nitrogen and oxygen atoms in total. The monoisotopic (exact) mass is 764 g/mol. The minimum absolute atomic E-state index is 0.00624. The van der Waals surface area contributed by atoms with Gasteiger partial charge < -0.3 is 9.84 Å². The first-order valence-corrected chi connectivity index (χ1v) is 15.7. The first kappa shape index (κ1) is 33.7. The minimum Gasteiger partial charge on any atom is -0.503 e. The number of aromatic hydroxyl groups is 1. The van der Waals surface area contributed by atoms with Gasteiger partial charge in [0.1, 0.15) is 5.69 Å². The summed E-state index contributed by atoms with van der Waals surface area (Å²) in [5.74, 6) is -21.6. The SMILES string of the molecule is COc1cc([C@H]2C3=CC[C@@H]4C(=O)N(C(C)(C)C)C(=O)[C@@H]4[C@@H]3C[C@@]3(Cl)C(=O)N(c4c(F)c(F)c(F)c(F)c4F)C(=O)[C@@]23Cl)cc(Br)c1O. The summed E-state index contributed by atoms with van der Waals surface area (Å²) in [6, 6.07) is 2.59. The molecule has 2 aliphatic heterocycles. The molecule has 2 aliphatic carbocycles. The summed E-state index contributed by atoms with van der Waals surface area (Å²) in [5.41, 5.74) is -2.46. The summed E-state index contributed by atoms with van der Waals surface area (Å²) in [4.78, 5) is 51.6. The molecule has 250 valence electrons. The maximum atomic E-state index is 15.2. The molecule has 4 aliphatic rings. The van der Waals surface area contributed by atoms with Crippen LogP contribution < -0.4 is 9.64 Å². The number of allylic oxidation sites excluding steroid dienone is 2. The van der Waals surface area contributed by atoms with Crippen molar-refractivity contribution in [1.82, 2.24) is 4.90 Å². The number of amides is 4. The van der Waals surface area contributed by atoms with Crippen LogP contribution in [0.15, 0.2) is 28.3 Å². The second kappa shape index (κ2) is 10.6. The highest BCUT2D eigenvalue weighted by Gasteiger charge is 2.77. The summed E-state index contributed by atoms with van der Waals surface area (Å²) in [6.45, 7) is 4.98. The standard InChI is InChI=1S/C31H24BrCl2F5N2O6/c1-29(2,3)41-25(43)12-6-5-11-13(16(12)26(41)44)9-30(33)27(45)40(23-21(38)19(36)18(35)20(37)22(23)39)28(46)31(30,34)17(11)10-7-14(32)24(42)15(8-10)47-4/h5,7-8,12-13,16-17,42H,6,9H2,1-4H3/t12-,13+,16-,17-,30+,31-/m0/s1. The van der Waals surface area contributed by atoms with Gasteiger partial charge in [-0.25, -0.2) is 26.9 Å². The number of ether oxygens (including phenoxy) is 1. The van der Waals surface area contributed by atoms with Crippen molar-refractivity contribution < 1.29 is 51.0 Å². The Balaban J connectivity index is 1.63. The number of hydrogen-bond donors (Lipinski definition) is 1. The number of phenolic OH excluding ortho intramolecular Hbond substituents is 1. The van der Waals surface area contributed by atoms with E-state index in [0.29, 0.717) is 0 Å². The molecule has 47 heavy (non-hydrogen) atoms. The maximum Gasteiger partial charge on any atom is 0.258 e. The second-order valence-corrected chi connectivity index (χ2v) is 15.0. The average Bonchev–Trinajstić information content (AvgIpc) is 3.35. The lowest BCUT2D eigenvalue weighted by atomic mass is 9.56. The molecule has 0 radical (unpaired) electrons. The highest BCUT2D eigenvalue weighted by molar-refractivity contribution is 9.10. The molecule has 1 saturated carbocycles. The van der Waals surface area contributed by atoms with Gasteiger partial charge in [0.15, 0.2) is 44.5 Å². The molecular weight excluding hydrogens is 742 g/mol. The van der Waals surface area contributed by atoms with Crippen LogP contribution in [0.3, 0.4) is 0 Å². The number of imide groups is 2. The van der Waals surface area contributed by atoms with Gasteiger partial charge in [-0.2, -0.15) is 0 Å². The summed E-state index contributed by atoms with van der Waals surface area (Å²) in [6.07, 6.45) is 0.970. The molecule has 3 fully saturated rings. The highest BCUT2D eigenvalue weighted by Crippen LogP contribution is 2.66. The normalized spacial score (nSPS) is 30.4. The Morgan fingerprint density at radius 1 is 0.915 bits per heavy atom. The van der Waals surface area contributed by atoms with Crippen molar-refractivity contribution in [2.45, 2.75) is 54.8 Å². The third-order valence-electron chi connectivity index (χ3n) is 9.50. The smallest absolute Gasteiger partial charge is 0.258 e. The van der Waals surface area contributed by atoms with Crippen LogP contribution in [0.4, 0.5) is 27.6 Å². The molecule has 2 aromatic rings. The highest BCUT2D eigenvalue weighted by atomic mass is 79.9. The number of methoxy groups -OCH3 is 1. The number of rotatable bonds is 3. The van der Waals surface area contributed by atoms with Crippen molar-refractivity contribution in [2.75, 3.05) is 12.0 Å². The Labute approximate surface area is 282 Å². The number of anilines is 1. The number of phenols is 1. The predicted molar refractivity (Wildman–Crippen MR) is 160 cm³/mol. The molecule has 16 heteroatoms. The van der Waals surface area contributed by atoms with Crippen LogP contribution in [-0.4, -0.2) is 56.0 Å². The van der Waals surface area contributed by atoms with E-state index in [9.17, 15) is 37.5 Å². The molecule has 2 saturated heterocycles. The number of likely N-dealkylation sites (tertiary alicyclic amines) is 1. The Morgan fingerprint density at radius 2 is 1.49 bits per heavy atom. The van der Waals surface area contributed by atoms with E-state index in [-0.39, 0.29) is 38.4 Å². The number of nitrogens with zero attached hydrogens (tertiary/aromatic N) is 2. The quantitative estimate of drug-likeness (QED) is 0.0995. The molecule has 0 unspecified atom stereocenters. The molecule has 0 spiro atoms. The topological polar surface area (TPSA) is 104 Å². The van der Waals surface area contributed by atoms with E-state index in [0.717, 1.165) is 4.90 Å². The average molecular weight is 766 g/mol. The summed E-state index contributed by atoms with van der Waals surface area (Å²) < 4.78 is 78.4. The molecule has 0 aromatic heterocycles. The fourth-order valence-corrected chi connectivity index (χ4v) is 8.91. The number of benzene rings is 2. The Morgan fingerprint density at radius 3 is 2.04 bits per heavy atom. The fraction of sp³-hybridized carbons (Fsp3) is 0.419. The van der Waals surface area contributed by atoms with E-state index in [1.807, 2.05) is 0 Å². The Bertz CT molecular complexity index is 1840. The van der Waals surface area contributed by atoms with E-state index in [1.54, 1.807) is 26.8 Å². The lowest BCUT2D eigenvalue weighted by molar-refractivity contribution is -0.145. The fourth-order valence-electron chi connectivity index (χ4n) is 7.52. The number of alkyl halides is 2. The van der Waals surface area contributed by atoms with Gasteiger partial charge in [-0.05, 0) is 73.2 Å². The van der Waals surface area contributed by atoms with Gasteiger partial charge >= 0.3 is 0 Å². The molecule has 6 atom stereocenters. The number of carbonyl (C=O) groups is 4.